The van der Waals surface area contributed by atoms with Gasteiger partial charge in [-0.25, -0.2) is 0 Å². The predicted molar refractivity (Wildman–Crippen MR) is 65.0 cm³/mol. The average Bonchev–Trinajstić information content (AvgIpc) is 2.22. The highest BCUT2D eigenvalue weighted by molar-refractivity contribution is 5.05. The summed E-state index contributed by atoms with van der Waals surface area (Å²) < 4.78 is 5.78. The molecule has 1 rings (SSSR count). The Labute approximate surface area is 94.1 Å². The lowest BCUT2D eigenvalue weighted by Crippen LogP contribution is -2.52. The minimum absolute atomic E-state index is 0.0357. The summed E-state index contributed by atoms with van der Waals surface area (Å²) in [5.41, 5.74) is 0.438. The molecule has 1 saturated carbocycles. The van der Waals surface area contributed by atoms with Gasteiger partial charge in [0.05, 0.1) is 11.6 Å². The first kappa shape index (κ1) is 12.7. The van der Waals surface area contributed by atoms with E-state index in [1.54, 1.807) is 0 Å². The van der Waals surface area contributed by atoms with Gasteiger partial charge >= 0.3 is 0 Å². The van der Waals surface area contributed by atoms with E-state index in [2.05, 4.69) is 25.7 Å². The molecule has 1 atom stereocenters. The minimum atomic E-state index is -0.0357. The second-order valence-electron chi connectivity index (χ2n) is 5.44. The Kier molecular flexibility index (Phi) is 3.96. The van der Waals surface area contributed by atoms with Crippen molar-refractivity contribution in [1.82, 2.24) is 5.32 Å². The molecule has 1 fully saturated rings. The molecule has 0 saturated heterocycles. The molecule has 15 heavy (non-hydrogen) atoms. The van der Waals surface area contributed by atoms with Crippen LogP contribution in [-0.2, 0) is 4.74 Å². The van der Waals surface area contributed by atoms with E-state index in [-0.39, 0.29) is 11.6 Å². The summed E-state index contributed by atoms with van der Waals surface area (Å²) in [7, 11) is 3.80. The molecule has 1 unspecified atom stereocenters. The molecule has 0 amide bonds. The molecule has 88 valence electrons. The minimum Gasteiger partial charge on any atom is -0.376 e. The molecule has 1 aliphatic carbocycles. The van der Waals surface area contributed by atoms with Crippen molar-refractivity contribution in [1.29, 1.82) is 0 Å². The molecule has 0 heterocycles. The Hall–Kier alpha value is -0.340. The number of rotatable bonds is 4. The highest BCUT2D eigenvalue weighted by Crippen LogP contribution is 2.43. The highest BCUT2D eigenvalue weighted by Gasteiger charge is 2.42. The monoisotopic (exact) mass is 211 g/mol. The van der Waals surface area contributed by atoms with Crippen LogP contribution in [0.3, 0.4) is 0 Å². The number of likely N-dealkylation sites (N-methyl/N-ethyl adjacent to an activating group) is 1. The maximum atomic E-state index is 5.78. The third-order valence-electron chi connectivity index (χ3n) is 3.97. The van der Waals surface area contributed by atoms with Crippen molar-refractivity contribution >= 4 is 0 Å². The molecule has 0 aromatic carbocycles. The summed E-state index contributed by atoms with van der Waals surface area (Å²) in [5, 5.41) is 3.30. The predicted octanol–water partition coefficient (Wildman–Crippen LogP) is 2.75. The van der Waals surface area contributed by atoms with E-state index in [0.717, 1.165) is 12.8 Å². The van der Waals surface area contributed by atoms with Gasteiger partial charge in [0.2, 0.25) is 0 Å². The van der Waals surface area contributed by atoms with Crippen molar-refractivity contribution in [3.63, 3.8) is 0 Å². The van der Waals surface area contributed by atoms with Gasteiger partial charge in [-0.3, -0.25) is 0 Å². The van der Waals surface area contributed by atoms with E-state index in [1.165, 1.54) is 12.8 Å². The standard InChI is InChI=1S/C13H25NO/c1-6-11(14-4)13(15-5)9-7-12(2,3)8-10-13/h6,11,14H,1,7-10H2,2-5H3. The van der Waals surface area contributed by atoms with Gasteiger partial charge in [-0.2, -0.15) is 0 Å². The Morgan fingerprint density at radius 1 is 1.27 bits per heavy atom. The van der Waals surface area contributed by atoms with Crippen LogP contribution >= 0.6 is 0 Å². The van der Waals surface area contributed by atoms with Crippen LogP contribution in [0.4, 0.5) is 0 Å². The number of ether oxygens (including phenoxy) is 1. The van der Waals surface area contributed by atoms with Crippen LogP contribution in [0, 0.1) is 5.41 Å². The Morgan fingerprint density at radius 2 is 1.80 bits per heavy atom. The van der Waals surface area contributed by atoms with E-state index in [4.69, 9.17) is 4.74 Å². The van der Waals surface area contributed by atoms with Gasteiger partial charge in [0.25, 0.3) is 0 Å². The third-order valence-corrected chi connectivity index (χ3v) is 3.97. The lowest BCUT2D eigenvalue weighted by molar-refractivity contribution is -0.0747. The average molecular weight is 211 g/mol. The van der Waals surface area contributed by atoms with Crippen molar-refractivity contribution in [3.8, 4) is 0 Å². The van der Waals surface area contributed by atoms with Gasteiger partial charge in [0, 0.05) is 7.11 Å². The molecule has 0 aromatic rings. The molecule has 0 spiro atoms. The quantitative estimate of drug-likeness (QED) is 0.722. The van der Waals surface area contributed by atoms with Crippen LogP contribution in [0.5, 0.6) is 0 Å². The molecule has 0 radical (unpaired) electrons. The van der Waals surface area contributed by atoms with Crippen molar-refractivity contribution in [2.75, 3.05) is 14.2 Å². The third kappa shape index (κ3) is 2.61. The topological polar surface area (TPSA) is 21.3 Å². The molecule has 2 nitrogen and oxygen atoms in total. The Bertz CT molecular complexity index is 213. The molecule has 0 aromatic heterocycles. The summed E-state index contributed by atoms with van der Waals surface area (Å²) in [5.74, 6) is 0. The van der Waals surface area contributed by atoms with Crippen LogP contribution in [-0.4, -0.2) is 25.8 Å². The Balaban J connectivity index is 2.75. The summed E-state index contributed by atoms with van der Waals surface area (Å²) in [6.45, 7) is 8.58. The van der Waals surface area contributed by atoms with Crippen molar-refractivity contribution in [2.45, 2.75) is 51.2 Å². The van der Waals surface area contributed by atoms with Crippen molar-refractivity contribution in [3.05, 3.63) is 12.7 Å². The number of hydrogen-bond donors (Lipinski definition) is 1. The molecule has 0 bridgehead atoms. The molecule has 1 N–H and O–H groups in total. The van der Waals surface area contributed by atoms with E-state index >= 15 is 0 Å². The lowest BCUT2D eigenvalue weighted by atomic mass is 9.68. The molecular weight excluding hydrogens is 186 g/mol. The molecule has 1 aliphatic rings. The normalized spacial score (nSPS) is 25.9. The Morgan fingerprint density at radius 3 is 2.13 bits per heavy atom. The highest BCUT2D eigenvalue weighted by atomic mass is 16.5. The second kappa shape index (κ2) is 4.67. The summed E-state index contributed by atoms with van der Waals surface area (Å²) >= 11 is 0. The lowest BCUT2D eigenvalue weighted by Gasteiger charge is -2.46. The fraction of sp³-hybridized carbons (Fsp3) is 0.846. The van der Waals surface area contributed by atoms with Crippen LogP contribution in [0.15, 0.2) is 12.7 Å². The first-order chi connectivity index (χ1) is 6.99. The van der Waals surface area contributed by atoms with E-state index in [1.807, 2.05) is 20.2 Å². The van der Waals surface area contributed by atoms with Gasteiger partial charge in [-0.1, -0.05) is 19.9 Å². The zero-order valence-corrected chi connectivity index (χ0v) is 10.6. The number of methoxy groups -OCH3 is 1. The van der Waals surface area contributed by atoms with Gasteiger partial charge in [0.15, 0.2) is 0 Å². The first-order valence-electron chi connectivity index (χ1n) is 5.85. The fourth-order valence-corrected chi connectivity index (χ4v) is 2.59. The zero-order valence-electron chi connectivity index (χ0n) is 10.6. The molecular formula is C13H25NO. The largest absolute Gasteiger partial charge is 0.376 e. The van der Waals surface area contributed by atoms with Gasteiger partial charge in [-0.15, -0.1) is 6.58 Å². The second-order valence-corrected chi connectivity index (χ2v) is 5.44. The van der Waals surface area contributed by atoms with Crippen LogP contribution in [0.2, 0.25) is 0 Å². The van der Waals surface area contributed by atoms with E-state index in [0.29, 0.717) is 5.41 Å². The zero-order chi connectivity index (χ0) is 11.5. The van der Waals surface area contributed by atoms with Gasteiger partial charge in [0.1, 0.15) is 0 Å². The summed E-state index contributed by atoms with van der Waals surface area (Å²) in [4.78, 5) is 0. The van der Waals surface area contributed by atoms with Crippen LogP contribution in [0.1, 0.15) is 39.5 Å². The van der Waals surface area contributed by atoms with Crippen LogP contribution in [0.25, 0.3) is 0 Å². The molecule has 2 heteroatoms. The summed E-state index contributed by atoms with van der Waals surface area (Å²) in [6.07, 6.45) is 6.67. The maximum absolute atomic E-state index is 5.78. The van der Waals surface area contributed by atoms with Gasteiger partial charge in [-0.05, 0) is 38.1 Å². The van der Waals surface area contributed by atoms with E-state index < -0.39 is 0 Å². The first-order valence-corrected chi connectivity index (χ1v) is 5.85. The number of hydrogen-bond acceptors (Lipinski definition) is 2. The summed E-state index contributed by atoms with van der Waals surface area (Å²) in [6, 6.07) is 0.263. The van der Waals surface area contributed by atoms with E-state index in [9.17, 15) is 0 Å². The smallest absolute Gasteiger partial charge is 0.0866 e. The van der Waals surface area contributed by atoms with Crippen LogP contribution < -0.4 is 5.32 Å². The van der Waals surface area contributed by atoms with Crippen molar-refractivity contribution < 1.29 is 4.74 Å². The maximum Gasteiger partial charge on any atom is 0.0866 e. The van der Waals surface area contributed by atoms with Gasteiger partial charge < -0.3 is 10.1 Å². The molecule has 0 aliphatic heterocycles. The number of nitrogens with one attached hydrogen (secondary N) is 1. The fourth-order valence-electron chi connectivity index (χ4n) is 2.59. The van der Waals surface area contributed by atoms with Crippen molar-refractivity contribution in [2.24, 2.45) is 5.41 Å². The SMILES string of the molecule is C=CC(NC)C1(OC)CCC(C)(C)CC1.